The molecule has 1 aromatic rings. The fourth-order valence-electron chi connectivity index (χ4n) is 4.00. The van der Waals surface area contributed by atoms with Crippen LogP contribution >= 0.6 is 0 Å². The van der Waals surface area contributed by atoms with E-state index in [-0.39, 0.29) is 11.7 Å². The van der Waals surface area contributed by atoms with Crippen LogP contribution in [0.1, 0.15) is 50.8 Å². The first-order chi connectivity index (χ1) is 9.71. The second kappa shape index (κ2) is 4.32. The zero-order valence-electron chi connectivity index (χ0n) is 12.0. The number of nitrogens with one attached hydrogen (secondary N) is 1. The Morgan fingerprint density at radius 3 is 2.55 bits per heavy atom. The lowest BCUT2D eigenvalue weighted by Crippen LogP contribution is -2.41. The highest BCUT2D eigenvalue weighted by Gasteiger charge is 2.61. The summed E-state index contributed by atoms with van der Waals surface area (Å²) < 4.78 is 0. The van der Waals surface area contributed by atoms with Gasteiger partial charge >= 0.3 is 0 Å². The van der Waals surface area contributed by atoms with Crippen LogP contribution in [0.2, 0.25) is 0 Å². The molecule has 2 saturated carbocycles. The van der Waals surface area contributed by atoms with Crippen molar-refractivity contribution in [3.05, 3.63) is 35.9 Å². The van der Waals surface area contributed by atoms with Crippen molar-refractivity contribution in [2.24, 2.45) is 5.92 Å². The van der Waals surface area contributed by atoms with Crippen molar-refractivity contribution in [2.45, 2.75) is 56.8 Å². The minimum atomic E-state index is -0.219. The van der Waals surface area contributed by atoms with E-state index in [4.69, 9.17) is 0 Å². The summed E-state index contributed by atoms with van der Waals surface area (Å²) in [6.07, 6.45) is 5.76. The van der Waals surface area contributed by atoms with E-state index in [0.29, 0.717) is 17.9 Å². The molecular formula is C17H22N2O. The predicted molar refractivity (Wildman–Crippen MR) is 77.9 cm³/mol. The third-order valence-electron chi connectivity index (χ3n) is 5.37. The van der Waals surface area contributed by atoms with Gasteiger partial charge in [-0.2, -0.15) is 0 Å². The van der Waals surface area contributed by atoms with Crippen LogP contribution in [0.15, 0.2) is 30.3 Å². The van der Waals surface area contributed by atoms with Crippen LogP contribution in [0, 0.1) is 5.92 Å². The Morgan fingerprint density at radius 2 is 1.95 bits per heavy atom. The standard InChI is InChI=1S/C17H22N2O/c1-12-6-5-9-14(12)19-15(13-7-3-2-4-8-13)18-17(10-11-17)16(19)20/h2-4,7-8,12,14-15,18H,5-6,9-11H2,1H3. The third kappa shape index (κ3) is 1.72. The molecule has 1 heterocycles. The Hall–Kier alpha value is -1.35. The van der Waals surface area contributed by atoms with Crippen molar-refractivity contribution in [3.63, 3.8) is 0 Å². The van der Waals surface area contributed by atoms with Crippen molar-refractivity contribution >= 4 is 5.91 Å². The van der Waals surface area contributed by atoms with Gasteiger partial charge in [0.15, 0.2) is 0 Å². The monoisotopic (exact) mass is 270 g/mol. The van der Waals surface area contributed by atoms with E-state index in [1.165, 1.54) is 18.4 Å². The highest BCUT2D eigenvalue weighted by molar-refractivity contribution is 5.92. The van der Waals surface area contributed by atoms with E-state index in [1.54, 1.807) is 0 Å². The third-order valence-corrected chi connectivity index (χ3v) is 5.37. The molecule has 3 unspecified atom stereocenters. The summed E-state index contributed by atoms with van der Waals surface area (Å²) in [6.45, 7) is 2.30. The molecule has 106 valence electrons. The van der Waals surface area contributed by atoms with E-state index in [9.17, 15) is 4.79 Å². The summed E-state index contributed by atoms with van der Waals surface area (Å²) in [5.41, 5.74) is 1.01. The molecule has 0 radical (unpaired) electrons. The van der Waals surface area contributed by atoms with Gasteiger partial charge in [-0.25, -0.2) is 0 Å². The van der Waals surface area contributed by atoms with Crippen LogP contribution < -0.4 is 5.32 Å². The Bertz CT molecular complexity index is 523. The second-order valence-corrected chi connectivity index (χ2v) is 6.73. The maximum atomic E-state index is 12.9. The van der Waals surface area contributed by atoms with Gasteiger partial charge in [0.2, 0.25) is 5.91 Å². The van der Waals surface area contributed by atoms with Gasteiger partial charge in [0, 0.05) is 6.04 Å². The molecule has 0 aromatic heterocycles. The number of nitrogens with zero attached hydrogens (tertiary/aromatic N) is 1. The van der Waals surface area contributed by atoms with Gasteiger partial charge in [0.1, 0.15) is 11.7 Å². The maximum Gasteiger partial charge on any atom is 0.244 e. The average Bonchev–Trinajstić information content (AvgIpc) is 3.06. The molecule has 0 bridgehead atoms. The lowest BCUT2D eigenvalue weighted by molar-refractivity contribution is -0.133. The topological polar surface area (TPSA) is 32.3 Å². The first-order valence-electron chi connectivity index (χ1n) is 7.87. The summed E-state index contributed by atoms with van der Waals surface area (Å²) in [5, 5.41) is 3.63. The summed E-state index contributed by atoms with van der Waals surface area (Å²) in [7, 11) is 0. The molecule has 1 saturated heterocycles. The number of rotatable bonds is 2. The molecule has 1 spiro atoms. The van der Waals surface area contributed by atoms with Crippen molar-refractivity contribution < 1.29 is 4.79 Å². The maximum absolute atomic E-state index is 12.9. The SMILES string of the molecule is CC1CCCC1N1C(=O)C2(CC2)NC1c1ccccc1. The van der Waals surface area contributed by atoms with E-state index < -0.39 is 0 Å². The Balaban J connectivity index is 1.70. The van der Waals surface area contributed by atoms with Gasteiger partial charge in [-0.1, -0.05) is 43.7 Å². The lowest BCUT2D eigenvalue weighted by atomic mass is 10.0. The van der Waals surface area contributed by atoms with Gasteiger partial charge in [-0.3, -0.25) is 10.1 Å². The van der Waals surface area contributed by atoms with Gasteiger partial charge in [-0.15, -0.1) is 0 Å². The molecular weight excluding hydrogens is 248 g/mol. The number of carbonyl (C=O) groups excluding carboxylic acids is 1. The number of benzene rings is 1. The molecule has 3 fully saturated rings. The molecule has 3 heteroatoms. The Labute approximate surface area is 120 Å². The van der Waals surface area contributed by atoms with Crippen molar-refractivity contribution in [1.29, 1.82) is 0 Å². The van der Waals surface area contributed by atoms with Crippen molar-refractivity contribution in [2.75, 3.05) is 0 Å². The predicted octanol–water partition coefficient (Wildman–Crippen LogP) is 2.84. The molecule has 3 nitrogen and oxygen atoms in total. The fourth-order valence-corrected chi connectivity index (χ4v) is 4.00. The van der Waals surface area contributed by atoms with Gasteiger partial charge in [-0.05, 0) is 37.2 Å². The molecule has 4 rings (SSSR count). The molecule has 3 aliphatic rings. The molecule has 1 N–H and O–H groups in total. The van der Waals surface area contributed by atoms with E-state index in [2.05, 4.69) is 41.4 Å². The van der Waals surface area contributed by atoms with Gasteiger partial charge < -0.3 is 4.90 Å². The van der Waals surface area contributed by atoms with Crippen LogP contribution in [0.25, 0.3) is 0 Å². The van der Waals surface area contributed by atoms with Crippen LogP contribution in [0.4, 0.5) is 0 Å². The first-order valence-corrected chi connectivity index (χ1v) is 7.87. The lowest BCUT2D eigenvalue weighted by Gasteiger charge is -2.33. The summed E-state index contributed by atoms with van der Waals surface area (Å²) in [6, 6.07) is 10.9. The second-order valence-electron chi connectivity index (χ2n) is 6.73. The minimum Gasteiger partial charge on any atom is -0.318 e. The van der Waals surface area contributed by atoms with E-state index in [1.807, 2.05) is 6.07 Å². The average molecular weight is 270 g/mol. The van der Waals surface area contributed by atoms with Crippen LogP contribution in [-0.2, 0) is 4.79 Å². The number of amides is 1. The number of hydrogen-bond donors (Lipinski definition) is 1. The number of carbonyl (C=O) groups is 1. The largest absolute Gasteiger partial charge is 0.318 e. The fraction of sp³-hybridized carbons (Fsp3) is 0.588. The summed E-state index contributed by atoms with van der Waals surface area (Å²) in [4.78, 5) is 15.0. The van der Waals surface area contributed by atoms with Crippen LogP contribution in [0.3, 0.4) is 0 Å². The molecule has 20 heavy (non-hydrogen) atoms. The highest BCUT2D eigenvalue weighted by atomic mass is 16.2. The first kappa shape index (κ1) is 12.4. The van der Waals surface area contributed by atoms with Gasteiger partial charge in [0.05, 0.1) is 0 Å². The van der Waals surface area contributed by atoms with Gasteiger partial charge in [0.25, 0.3) is 0 Å². The van der Waals surface area contributed by atoms with Crippen LogP contribution in [-0.4, -0.2) is 22.4 Å². The van der Waals surface area contributed by atoms with Crippen molar-refractivity contribution in [1.82, 2.24) is 10.2 Å². The molecule has 1 amide bonds. The van der Waals surface area contributed by atoms with E-state index in [0.717, 1.165) is 19.3 Å². The summed E-state index contributed by atoms with van der Waals surface area (Å²) >= 11 is 0. The Morgan fingerprint density at radius 1 is 1.20 bits per heavy atom. The minimum absolute atomic E-state index is 0.0803. The Kier molecular flexibility index (Phi) is 2.68. The zero-order chi connectivity index (χ0) is 13.7. The normalized spacial score (nSPS) is 35.0. The molecule has 1 aromatic carbocycles. The molecule has 2 aliphatic carbocycles. The highest BCUT2D eigenvalue weighted by Crippen LogP contribution is 2.48. The zero-order valence-corrected chi connectivity index (χ0v) is 12.0. The molecule has 1 aliphatic heterocycles. The molecule has 3 atom stereocenters. The van der Waals surface area contributed by atoms with Crippen molar-refractivity contribution in [3.8, 4) is 0 Å². The van der Waals surface area contributed by atoms with E-state index >= 15 is 0 Å². The van der Waals surface area contributed by atoms with Crippen LogP contribution in [0.5, 0.6) is 0 Å². The summed E-state index contributed by atoms with van der Waals surface area (Å²) in [5.74, 6) is 0.978. The quantitative estimate of drug-likeness (QED) is 0.896. The smallest absolute Gasteiger partial charge is 0.244 e. The number of hydrogen-bond acceptors (Lipinski definition) is 2.